The fourth-order valence-electron chi connectivity index (χ4n) is 1.75. The monoisotopic (exact) mass is 283 g/mol. The molecule has 0 spiro atoms. The van der Waals surface area contributed by atoms with Gasteiger partial charge in [-0.3, -0.25) is 4.98 Å². The van der Waals surface area contributed by atoms with Crippen LogP contribution < -0.4 is 9.47 Å². The molecule has 0 aliphatic heterocycles. The Bertz CT molecular complexity index is 696. The first-order valence-electron chi connectivity index (χ1n) is 6.35. The smallest absolute Gasteiger partial charge is 0.415 e. The number of ether oxygens (including phenoxy) is 2. The van der Waals surface area contributed by atoms with E-state index in [4.69, 9.17) is 13.9 Å². The number of rotatable bonds is 5. The maximum Gasteiger partial charge on any atom is 0.415 e. The molecule has 0 aliphatic rings. The molecule has 6 heteroatoms. The second-order valence-corrected chi connectivity index (χ2v) is 4.25. The molecule has 0 saturated heterocycles. The van der Waals surface area contributed by atoms with Crippen LogP contribution in [0.1, 0.15) is 5.56 Å². The highest BCUT2D eigenvalue weighted by Gasteiger charge is 2.09. The van der Waals surface area contributed by atoms with Gasteiger partial charge < -0.3 is 13.9 Å². The lowest BCUT2D eigenvalue weighted by Crippen LogP contribution is -1.95. The molecule has 0 fully saturated rings. The van der Waals surface area contributed by atoms with E-state index >= 15 is 0 Å². The summed E-state index contributed by atoms with van der Waals surface area (Å²) in [6, 6.07) is 11.2. The van der Waals surface area contributed by atoms with E-state index in [0.29, 0.717) is 12.5 Å². The third kappa shape index (κ3) is 3.17. The van der Waals surface area contributed by atoms with Gasteiger partial charge in [-0.2, -0.15) is 0 Å². The van der Waals surface area contributed by atoms with Crippen molar-refractivity contribution in [3.8, 4) is 23.3 Å². The van der Waals surface area contributed by atoms with Gasteiger partial charge in [-0.15, -0.1) is 5.10 Å². The molecule has 2 aromatic heterocycles. The van der Waals surface area contributed by atoms with Crippen molar-refractivity contribution in [2.75, 3.05) is 7.11 Å². The molecular formula is C15H13N3O3. The Morgan fingerprint density at radius 3 is 2.48 bits per heavy atom. The predicted octanol–water partition coefficient (Wildman–Crippen LogP) is 2.72. The highest BCUT2D eigenvalue weighted by atomic mass is 16.6. The molecule has 0 N–H and O–H groups in total. The zero-order valence-corrected chi connectivity index (χ0v) is 11.4. The van der Waals surface area contributed by atoms with Crippen LogP contribution in [-0.4, -0.2) is 22.3 Å². The van der Waals surface area contributed by atoms with Gasteiger partial charge >= 0.3 is 6.08 Å². The Balaban J connectivity index is 1.64. The van der Waals surface area contributed by atoms with Gasteiger partial charge in [0.15, 0.2) is 0 Å². The summed E-state index contributed by atoms with van der Waals surface area (Å²) in [5.41, 5.74) is 1.79. The number of aromatic nitrogens is 3. The van der Waals surface area contributed by atoms with E-state index in [1.54, 1.807) is 31.6 Å². The molecule has 3 aromatic rings. The lowest BCUT2D eigenvalue weighted by Gasteiger charge is -2.03. The number of pyridine rings is 1. The van der Waals surface area contributed by atoms with Crippen molar-refractivity contribution in [3.05, 3.63) is 54.4 Å². The minimum atomic E-state index is 0.137. The molecule has 1 aromatic carbocycles. The zero-order chi connectivity index (χ0) is 14.5. The molecule has 3 rings (SSSR count). The highest BCUT2D eigenvalue weighted by Crippen LogP contribution is 2.20. The Labute approximate surface area is 121 Å². The van der Waals surface area contributed by atoms with Gasteiger partial charge in [-0.25, -0.2) is 0 Å². The quantitative estimate of drug-likeness (QED) is 0.717. The summed E-state index contributed by atoms with van der Waals surface area (Å²) in [6.07, 6.45) is 3.46. The molecule has 0 radical (unpaired) electrons. The topological polar surface area (TPSA) is 70.3 Å². The highest BCUT2D eigenvalue weighted by molar-refractivity contribution is 5.50. The first-order chi connectivity index (χ1) is 10.3. The standard InChI is InChI=1S/C15H13N3O3/c1-19-13-4-2-11(3-5-13)10-20-15-18-17-14(21-15)12-6-8-16-9-7-12/h2-9H,10H2,1H3. The van der Waals surface area contributed by atoms with E-state index in [0.717, 1.165) is 16.9 Å². The lowest BCUT2D eigenvalue weighted by molar-refractivity contribution is 0.222. The molecule has 6 nitrogen and oxygen atoms in total. The zero-order valence-electron chi connectivity index (χ0n) is 11.4. The minimum absolute atomic E-state index is 0.137. The summed E-state index contributed by atoms with van der Waals surface area (Å²) >= 11 is 0. The van der Waals surface area contributed by atoms with E-state index in [-0.39, 0.29) is 6.08 Å². The molecule has 0 atom stereocenters. The van der Waals surface area contributed by atoms with Crippen molar-refractivity contribution < 1.29 is 13.9 Å². The van der Waals surface area contributed by atoms with E-state index in [1.165, 1.54) is 0 Å². The largest absolute Gasteiger partial charge is 0.497 e. The maximum atomic E-state index is 5.47. The van der Waals surface area contributed by atoms with Crippen LogP contribution in [0.15, 0.2) is 53.2 Å². The van der Waals surface area contributed by atoms with Crippen molar-refractivity contribution in [1.29, 1.82) is 0 Å². The van der Waals surface area contributed by atoms with Crippen molar-refractivity contribution >= 4 is 0 Å². The molecule has 0 saturated carbocycles. The van der Waals surface area contributed by atoms with Gasteiger partial charge in [-0.1, -0.05) is 17.2 Å². The molecule has 21 heavy (non-hydrogen) atoms. The fourth-order valence-corrected chi connectivity index (χ4v) is 1.75. The summed E-state index contributed by atoms with van der Waals surface area (Å²) in [7, 11) is 1.63. The summed E-state index contributed by atoms with van der Waals surface area (Å²) in [6.45, 7) is 0.349. The van der Waals surface area contributed by atoms with Crippen molar-refractivity contribution in [2.45, 2.75) is 6.61 Å². The molecule has 0 aliphatic carbocycles. The van der Waals surface area contributed by atoms with Gasteiger partial charge in [0.1, 0.15) is 12.4 Å². The van der Waals surface area contributed by atoms with Crippen molar-refractivity contribution in [2.24, 2.45) is 0 Å². The second kappa shape index (κ2) is 6.04. The van der Waals surface area contributed by atoms with Crippen LogP contribution in [-0.2, 0) is 6.61 Å². The number of hydrogen-bond donors (Lipinski definition) is 0. The first-order valence-corrected chi connectivity index (χ1v) is 6.35. The Kier molecular flexibility index (Phi) is 3.77. The number of methoxy groups -OCH3 is 1. The third-order valence-corrected chi connectivity index (χ3v) is 2.86. The third-order valence-electron chi connectivity index (χ3n) is 2.86. The van der Waals surface area contributed by atoms with Gasteiger partial charge in [0, 0.05) is 18.0 Å². The lowest BCUT2D eigenvalue weighted by atomic mass is 10.2. The van der Waals surface area contributed by atoms with Crippen molar-refractivity contribution in [3.63, 3.8) is 0 Å². The summed E-state index contributed by atoms with van der Waals surface area (Å²) < 4.78 is 16.0. The molecule has 0 amide bonds. The average Bonchev–Trinajstić information content (AvgIpc) is 3.03. The summed E-state index contributed by atoms with van der Waals surface area (Å²) in [5, 5.41) is 7.79. The maximum absolute atomic E-state index is 5.47. The fraction of sp³-hybridized carbons (Fsp3) is 0.133. The molecule has 106 valence electrons. The molecule has 0 bridgehead atoms. The van der Waals surface area contributed by atoms with Crippen LogP contribution in [0.3, 0.4) is 0 Å². The Hall–Kier alpha value is -2.89. The van der Waals surface area contributed by atoms with Crippen LogP contribution >= 0.6 is 0 Å². The SMILES string of the molecule is COc1ccc(COc2nnc(-c3ccncc3)o2)cc1. The predicted molar refractivity (Wildman–Crippen MR) is 74.9 cm³/mol. The van der Waals surface area contributed by atoms with Crippen LogP contribution in [0, 0.1) is 0 Å². The van der Waals surface area contributed by atoms with Crippen LogP contribution in [0.4, 0.5) is 0 Å². The normalized spacial score (nSPS) is 10.3. The molecular weight excluding hydrogens is 270 g/mol. The van der Waals surface area contributed by atoms with E-state index < -0.39 is 0 Å². The Morgan fingerprint density at radius 1 is 1.00 bits per heavy atom. The molecule has 2 heterocycles. The summed E-state index contributed by atoms with van der Waals surface area (Å²) in [5.74, 6) is 1.21. The number of benzene rings is 1. The van der Waals surface area contributed by atoms with Gasteiger partial charge in [0.25, 0.3) is 5.89 Å². The van der Waals surface area contributed by atoms with E-state index in [9.17, 15) is 0 Å². The van der Waals surface area contributed by atoms with Gasteiger partial charge in [0.05, 0.1) is 7.11 Å². The van der Waals surface area contributed by atoms with Crippen LogP contribution in [0.5, 0.6) is 11.8 Å². The van der Waals surface area contributed by atoms with Crippen LogP contribution in [0.25, 0.3) is 11.5 Å². The molecule has 0 unspecified atom stereocenters. The van der Waals surface area contributed by atoms with Crippen molar-refractivity contribution in [1.82, 2.24) is 15.2 Å². The number of hydrogen-bond acceptors (Lipinski definition) is 6. The first kappa shape index (κ1) is 13.1. The average molecular weight is 283 g/mol. The number of nitrogens with zero attached hydrogens (tertiary/aromatic N) is 3. The van der Waals surface area contributed by atoms with Gasteiger partial charge in [0.2, 0.25) is 0 Å². The van der Waals surface area contributed by atoms with E-state index in [1.807, 2.05) is 24.3 Å². The minimum Gasteiger partial charge on any atom is -0.497 e. The van der Waals surface area contributed by atoms with Gasteiger partial charge in [-0.05, 0) is 29.8 Å². The summed E-state index contributed by atoms with van der Waals surface area (Å²) in [4.78, 5) is 3.94. The van der Waals surface area contributed by atoms with E-state index in [2.05, 4.69) is 15.2 Å². The second-order valence-electron chi connectivity index (χ2n) is 4.25. The van der Waals surface area contributed by atoms with Crippen LogP contribution in [0.2, 0.25) is 0 Å². The Morgan fingerprint density at radius 2 is 1.76 bits per heavy atom.